The molecule has 4 nitrogen and oxygen atoms in total. The summed E-state index contributed by atoms with van der Waals surface area (Å²) in [7, 11) is 3.12. The lowest BCUT2D eigenvalue weighted by molar-refractivity contribution is 0.181. The Kier molecular flexibility index (Phi) is 5.27. The SMILES string of the molecule is CCN(c1nc(NC)c(F)cc1F)C(C)COC. The smallest absolute Gasteiger partial charge is 0.168 e. The summed E-state index contributed by atoms with van der Waals surface area (Å²) < 4.78 is 32.2. The number of hydrogen-bond acceptors (Lipinski definition) is 4. The predicted molar refractivity (Wildman–Crippen MR) is 68.1 cm³/mol. The Bertz CT molecular complexity index is 401. The standard InChI is InChI=1S/C12H19F2N3O/c1-5-17(8(2)7-18-4)12-10(14)6-9(13)11(15-3)16-12/h6,8H,5,7H2,1-4H3,(H,15,16). The highest BCUT2D eigenvalue weighted by Crippen LogP contribution is 2.23. The Morgan fingerprint density at radius 3 is 2.61 bits per heavy atom. The molecule has 1 N–H and O–H groups in total. The van der Waals surface area contributed by atoms with Crippen molar-refractivity contribution < 1.29 is 13.5 Å². The molecule has 0 saturated carbocycles. The maximum Gasteiger partial charge on any atom is 0.168 e. The Balaban J connectivity index is 3.12. The van der Waals surface area contributed by atoms with Gasteiger partial charge in [-0.05, 0) is 13.8 Å². The monoisotopic (exact) mass is 259 g/mol. The van der Waals surface area contributed by atoms with E-state index in [0.717, 1.165) is 6.07 Å². The van der Waals surface area contributed by atoms with Gasteiger partial charge in [0.05, 0.1) is 12.6 Å². The van der Waals surface area contributed by atoms with Crippen molar-refractivity contribution in [3.05, 3.63) is 17.7 Å². The largest absolute Gasteiger partial charge is 0.383 e. The summed E-state index contributed by atoms with van der Waals surface area (Å²) in [4.78, 5) is 5.71. The quantitative estimate of drug-likeness (QED) is 0.850. The van der Waals surface area contributed by atoms with Crippen LogP contribution in [0, 0.1) is 11.6 Å². The summed E-state index contributed by atoms with van der Waals surface area (Å²) in [5.41, 5.74) is 0. The van der Waals surface area contributed by atoms with Crippen LogP contribution in [-0.4, -0.2) is 38.3 Å². The molecule has 1 aromatic heterocycles. The molecule has 0 radical (unpaired) electrons. The topological polar surface area (TPSA) is 37.4 Å². The number of nitrogens with one attached hydrogen (secondary N) is 1. The molecule has 0 aliphatic heterocycles. The average Bonchev–Trinajstić information content (AvgIpc) is 2.33. The van der Waals surface area contributed by atoms with Crippen LogP contribution in [0.25, 0.3) is 0 Å². The lowest BCUT2D eigenvalue weighted by Gasteiger charge is -2.29. The Morgan fingerprint density at radius 2 is 2.11 bits per heavy atom. The lowest BCUT2D eigenvalue weighted by Crippen LogP contribution is -2.37. The van der Waals surface area contributed by atoms with Crippen molar-refractivity contribution in [2.24, 2.45) is 0 Å². The van der Waals surface area contributed by atoms with Crippen LogP contribution in [0.4, 0.5) is 20.4 Å². The number of pyridine rings is 1. The van der Waals surface area contributed by atoms with Crippen LogP contribution in [0.1, 0.15) is 13.8 Å². The van der Waals surface area contributed by atoms with Crippen molar-refractivity contribution in [3.8, 4) is 0 Å². The summed E-state index contributed by atoms with van der Waals surface area (Å²) in [5, 5.41) is 2.60. The number of methoxy groups -OCH3 is 1. The fourth-order valence-corrected chi connectivity index (χ4v) is 1.83. The minimum atomic E-state index is -0.700. The van der Waals surface area contributed by atoms with Gasteiger partial charge in [-0.3, -0.25) is 0 Å². The second kappa shape index (κ2) is 6.49. The predicted octanol–water partition coefficient (Wildman–Crippen LogP) is 2.26. The van der Waals surface area contributed by atoms with E-state index in [1.54, 1.807) is 19.1 Å². The van der Waals surface area contributed by atoms with Crippen LogP contribution in [0.3, 0.4) is 0 Å². The van der Waals surface area contributed by atoms with Gasteiger partial charge in [0.15, 0.2) is 23.3 Å². The fourth-order valence-electron chi connectivity index (χ4n) is 1.83. The molecule has 1 unspecified atom stereocenters. The van der Waals surface area contributed by atoms with E-state index in [2.05, 4.69) is 10.3 Å². The molecule has 0 fully saturated rings. The molecule has 0 aliphatic rings. The molecule has 1 atom stereocenters. The van der Waals surface area contributed by atoms with Gasteiger partial charge in [0.1, 0.15) is 0 Å². The van der Waals surface area contributed by atoms with Gasteiger partial charge in [0, 0.05) is 26.8 Å². The summed E-state index contributed by atoms with van der Waals surface area (Å²) in [6.07, 6.45) is 0. The molecule has 6 heteroatoms. The van der Waals surface area contributed by atoms with Crippen molar-refractivity contribution in [2.75, 3.05) is 37.5 Å². The highest BCUT2D eigenvalue weighted by molar-refractivity contribution is 5.49. The number of anilines is 2. The average molecular weight is 259 g/mol. The molecule has 1 aromatic rings. The molecule has 1 heterocycles. The Hall–Kier alpha value is -1.43. The molecular formula is C12H19F2N3O. The van der Waals surface area contributed by atoms with Crippen molar-refractivity contribution in [1.82, 2.24) is 4.98 Å². The van der Waals surface area contributed by atoms with Gasteiger partial charge in [0.25, 0.3) is 0 Å². The number of rotatable bonds is 6. The van der Waals surface area contributed by atoms with Crippen molar-refractivity contribution >= 4 is 11.6 Å². The van der Waals surface area contributed by atoms with E-state index in [0.29, 0.717) is 13.2 Å². The molecule has 0 aliphatic carbocycles. The van der Waals surface area contributed by atoms with E-state index < -0.39 is 11.6 Å². The van der Waals surface area contributed by atoms with Crippen molar-refractivity contribution in [1.29, 1.82) is 0 Å². The molecule has 0 saturated heterocycles. The first-order valence-corrected chi connectivity index (χ1v) is 5.84. The zero-order chi connectivity index (χ0) is 13.7. The van der Waals surface area contributed by atoms with E-state index in [1.165, 1.54) is 0 Å². The molecule has 0 spiro atoms. The van der Waals surface area contributed by atoms with E-state index in [-0.39, 0.29) is 17.7 Å². The zero-order valence-electron chi connectivity index (χ0n) is 11.1. The zero-order valence-corrected chi connectivity index (χ0v) is 11.1. The van der Waals surface area contributed by atoms with Crippen molar-refractivity contribution in [3.63, 3.8) is 0 Å². The third kappa shape index (κ3) is 3.07. The number of aromatic nitrogens is 1. The molecular weight excluding hydrogens is 240 g/mol. The van der Waals surface area contributed by atoms with Gasteiger partial charge in [-0.15, -0.1) is 0 Å². The third-order valence-electron chi connectivity index (χ3n) is 2.70. The van der Waals surface area contributed by atoms with Crippen molar-refractivity contribution in [2.45, 2.75) is 19.9 Å². The van der Waals surface area contributed by atoms with E-state index in [1.807, 2.05) is 13.8 Å². The van der Waals surface area contributed by atoms with Crippen LogP contribution in [0.2, 0.25) is 0 Å². The Morgan fingerprint density at radius 1 is 1.44 bits per heavy atom. The summed E-state index contributed by atoms with van der Waals surface area (Å²) >= 11 is 0. The number of likely N-dealkylation sites (N-methyl/N-ethyl adjacent to an activating group) is 1. The first-order chi connectivity index (χ1) is 8.54. The normalized spacial score (nSPS) is 12.3. The molecule has 0 amide bonds. The number of hydrogen-bond donors (Lipinski definition) is 1. The van der Waals surface area contributed by atoms with Gasteiger partial charge in [-0.25, -0.2) is 13.8 Å². The van der Waals surface area contributed by atoms with Gasteiger partial charge in [-0.1, -0.05) is 0 Å². The third-order valence-corrected chi connectivity index (χ3v) is 2.70. The maximum atomic E-state index is 13.8. The van der Waals surface area contributed by atoms with Gasteiger partial charge in [-0.2, -0.15) is 0 Å². The summed E-state index contributed by atoms with van der Waals surface area (Å²) in [6.45, 7) is 4.79. The lowest BCUT2D eigenvalue weighted by atomic mass is 10.2. The number of nitrogens with zero attached hydrogens (tertiary/aromatic N) is 2. The molecule has 1 rings (SSSR count). The van der Waals surface area contributed by atoms with Crippen LogP contribution >= 0.6 is 0 Å². The molecule has 18 heavy (non-hydrogen) atoms. The Labute approximate surface area is 106 Å². The number of halogens is 2. The van der Waals surface area contributed by atoms with E-state index in [4.69, 9.17) is 4.74 Å². The minimum absolute atomic E-state index is 0.0365. The van der Waals surface area contributed by atoms with Gasteiger partial charge in [0.2, 0.25) is 0 Å². The second-order valence-electron chi connectivity index (χ2n) is 3.96. The summed E-state index contributed by atoms with van der Waals surface area (Å²) in [6, 6.07) is 0.799. The summed E-state index contributed by atoms with van der Waals surface area (Å²) in [5.74, 6) is -1.20. The van der Waals surface area contributed by atoms with Gasteiger partial charge < -0.3 is 15.0 Å². The van der Waals surface area contributed by atoms with E-state index in [9.17, 15) is 8.78 Å². The van der Waals surface area contributed by atoms with Crippen LogP contribution in [0.5, 0.6) is 0 Å². The van der Waals surface area contributed by atoms with E-state index >= 15 is 0 Å². The minimum Gasteiger partial charge on any atom is -0.383 e. The maximum absolute atomic E-state index is 13.8. The molecule has 0 bridgehead atoms. The molecule has 0 aromatic carbocycles. The van der Waals surface area contributed by atoms with Gasteiger partial charge >= 0.3 is 0 Å². The molecule has 102 valence electrons. The van der Waals surface area contributed by atoms with Crippen LogP contribution in [-0.2, 0) is 4.74 Å². The second-order valence-corrected chi connectivity index (χ2v) is 3.96. The van der Waals surface area contributed by atoms with Crippen LogP contribution < -0.4 is 10.2 Å². The number of ether oxygens (including phenoxy) is 1. The fraction of sp³-hybridized carbons (Fsp3) is 0.583. The highest BCUT2D eigenvalue weighted by Gasteiger charge is 2.20. The first-order valence-electron chi connectivity index (χ1n) is 5.84. The van der Waals surface area contributed by atoms with Crippen LogP contribution in [0.15, 0.2) is 6.07 Å². The highest BCUT2D eigenvalue weighted by atomic mass is 19.1. The first kappa shape index (κ1) is 14.6.